The van der Waals surface area contributed by atoms with Crippen LogP contribution in [0.25, 0.3) is 0 Å². The average molecular weight is 302 g/mol. The minimum absolute atomic E-state index is 0.0880. The monoisotopic (exact) mass is 302 g/mol. The zero-order valence-corrected chi connectivity index (χ0v) is 13.9. The van der Waals surface area contributed by atoms with Crippen LogP contribution in [0.1, 0.15) is 59.3 Å². The number of carbonyl (C=O) groups excluding carboxylic acids is 1. The second-order valence-corrected chi connectivity index (χ2v) is 7.50. The molecule has 0 heterocycles. The van der Waals surface area contributed by atoms with Crippen LogP contribution in [0.2, 0.25) is 0 Å². The summed E-state index contributed by atoms with van der Waals surface area (Å²) < 4.78 is 0. The highest BCUT2D eigenvalue weighted by atomic mass is 32.2. The van der Waals surface area contributed by atoms with Crippen LogP contribution >= 0.6 is 11.8 Å². The predicted molar refractivity (Wildman–Crippen MR) is 86.2 cm³/mol. The molecular formula is C15H30N2O2S. The van der Waals surface area contributed by atoms with Crippen LogP contribution in [0.4, 0.5) is 4.79 Å². The van der Waals surface area contributed by atoms with Crippen molar-refractivity contribution in [2.24, 2.45) is 0 Å². The maximum absolute atomic E-state index is 12.1. The maximum atomic E-state index is 12.1. The smallest absolute Gasteiger partial charge is 0.315 e. The van der Waals surface area contributed by atoms with Crippen molar-refractivity contribution in [3.63, 3.8) is 0 Å². The van der Waals surface area contributed by atoms with Crippen LogP contribution in [0.5, 0.6) is 0 Å². The fraction of sp³-hybridized carbons (Fsp3) is 0.933. The van der Waals surface area contributed by atoms with Gasteiger partial charge in [-0.1, -0.05) is 20.3 Å². The first kappa shape index (κ1) is 17.6. The van der Waals surface area contributed by atoms with E-state index < -0.39 is 0 Å². The lowest BCUT2D eigenvalue weighted by atomic mass is 9.94. The maximum Gasteiger partial charge on any atom is 0.315 e. The molecular weight excluding hydrogens is 272 g/mol. The van der Waals surface area contributed by atoms with E-state index in [0.29, 0.717) is 17.7 Å². The summed E-state index contributed by atoms with van der Waals surface area (Å²) in [5.41, 5.74) is -0.314. The Morgan fingerprint density at radius 1 is 1.40 bits per heavy atom. The molecule has 4 nitrogen and oxygen atoms in total. The highest BCUT2D eigenvalue weighted by Gasteiger charge is 2.27. The average Bonchev–Trinajstić information content (AvgIpc) is 2.39. The van der Waals surface area contributed by atoms with Crippen molar-refractivity contribution in [2.45, 2.75) is 76.1 Å². The van der Waals surface area contributed by atoms with Crippen LogP contribution in [-0.2, 0) is 0 Å². The van der Waals surface area contributed by atoms with Crippen LogP contribution in [0.15, 0.2) is 0 Å². The molecule has 0 spiro atoms. The molecule has 0 aromatic heterocycles. The zero-order valence-electron chi connectivity index (χ0n) is 13.1. The Hall–Kier alpha value is -0.420. The SMILES string of the molecule is CCSC1CCCC(NC(=O)NC(C)(CC)CCO)C1. The Kier molecular flexibility index (Phi) is 7.74. The summed E-state index contributed by atoms with van der Waals surface area (Å²) in [6, 6.07) is 0.206. The Bertz CT molecular complexity index is 300. The number of carbonyl (C=O) groups is 1. The minimum Gasteiger partial charge on any atom is -0.396 e. The molecule has 0 radical (unpaired) electrons. The van der Waals surface area contributed by atoms with Crippen molar-refractivity contribution in [3.8, 4) is 0 Å². The van der Waals surface area contributed by atoms with Gasteiger partial charge in [0.2, 0.25) is 0 Å². The first-order valence-corrected chi connectivity index (χ1v) is 8.89. The first-order chi connectivity index (χ1) is 9.53. The van der Waals surface area contributed by atoms with Gasteiger partial charge in [0.1, 0.15) is 0 Å². The lowest BCUT2D eigenvalue weighted by molar-refractivity contribution is 0.196. The lowest BCUT2D eigenvalue weighted by Gasteiger charge is -2.33. The van der Waals surface area contributed by atoms with E-state index in [4.69, 9.17) is 5.11 Å². The van der Waals surface area contributed by atoms with Crippen LogP contribution in [0, 0.1) is 0 Å². The second-order valence-electron chi connectivity index (χ2n) is 5.93. The van der Waals surface area contributed by atoms with Gasteiger partial charge < -0.3 is 15.7 Å². The number of aliphatic hydroxyl groups excluding tert-OH is 1. The van der Waals surface area contributed by atoms with Crippen molar-refractivity contribution >= 4 is 17.8 Å². The van der Waals surface area contributed by atoms with E-state index in [-0.39, 0.29) is 18.2 Å². The molecule has 2 amide bonds. The highest BCUT2D eigenvalue weighted by molar-refractivity contribution is 7.99. The molecule has 3 unspecified atom stereocenters. The summed E-state index contributed by atoms with van der Waals surface area (Å²) in [4.78, 5) is 12.1. The van der Waals surface area contributed by atoms with Gasteiger partial charge in [0.25, 0.3) is 0 Å². The van der Waals surface area contributed by atoms with Crippen LogP contribution < -0.4 is 10.6 Å². The number of nitrogens with one attached hydrogen (secondary N) is 2. The van der Waals surface area contributed by atoms with Gasteiger partial charge in [-0.15, -0.1) is 0 Å². The quantitative estimate of drug-likeness (QED) is 0.677. The molecule has 0 saturated heterocycles. The molecule has 0 aromatic rings. The number of rotatable bonds is 7. The van der Waals surface area contributed by atoms with Crippen LogP contribution in [-0.4, -0.2) is 40.3 Å². The van der Waals surface area contributed by atoms with Gasteiger partial charge in [-0.2, -0.15) is 11.8 Å². The van der Waals surface area contributed by atoms with Gasteiger partial charge in [-0.25, -0.2) is 4.79 Å². The van der Waals surface area contributed by atoms with Gasteiger partial charge in [-0.3, -0.25) is 0 Å². The normalized spacial score (nSPS) is 25.8. The number of hydrogen-bond donors (Lipinski definition) is 3. The van der Waals surface area contributed by atoms with Crippen LogP contribution in [0.3, 0.4) is 0 Å². The van der Waals surface area contributed by atoms with E-state index >= 15 is 0 Å². The summed E-state index contributed by atoms with van der Waals surface area (Å²) >= 11 is 2.00. The second kappa shape index (κ2) is 8.78. The highest BCUT2D eigenvalue weighted by Crippen LogP contribution is 2.28. The molecule has 3 N–H and O–H groups in total. The molecule has 3 atom stereocenters. The van der Waals surface area contributed by atoms with Crippen molar-refractivity contribution < 1.29 is 9.90 Å². The topological polar surface area (TPSA) is 61.4 Å². The predicted octanol–water partition coefficient (Wildman–Crippen LogP) is 2.90. The summed E-state index contributed by atoms with van der Waals surface area (Å²) in [5.74, 6) is 1.15. The van der Waals surface area contributed by atoms with E-state index in [9.17, 15) is 4.79 Å². The molecule has 20 heavy (non-hydrogen) atoms. The molecule has 1 rings (SSSR count). The third kappa shape index (κ3) is 5.92. The third-order valence-electron chi connectivity index (χ3n) is 4.22. The van der Waals surface area contributed by atoms with E-state index in [0.717, 1.165) is 25.0 Å². The van der Waals surface area contributed by atoms with Crippen molar-refractivity contribution in [3.05, 3.63) is 0 Å². The fourth-order valence-corrected chi connectivity index (χ4v) is 3.91. The molecule has 0 bridgehead atoms. The van der Waals surface area contributed by atoms with E-state index in [1.165, 1.54) is 12.8 Å². The summed E-state index contributed by atoms with van der Waals surface area (Å²) in [6.45, 7) is 6.31. The Balaban J connectivity index is 2.41. The number of thioether (sulfide) groups is 1. The number of aliphatic hydroxyl groups is 1. The molecule has 0 aliphatic heterocycles. The third-order valence-corrected chi connectivity index (χ3v) is 5.46. The van der Waals surface area contributed by atoms with Gasteiger partial charge in [-0.05, 0) is 44.8 Å². The van der Waals surface area contributed by atoms with E-state index in [1.54, 1.807) is 0 Å². The largest absolute Gasteiger partial charge is 0.396 e. The number of hydrogen-bond acceptors (Lipinski definition) is 3. The Morgan fingerprint density at radius 3 is 2.75 bits per heavy atom. The standard InChI is InChI=1S/C15H30N2O2S/c1-4-15(3,9-10-18)17-14(19)16-12-7-6-8-13(11-12)20-5-2/h12-13,18H,4-11H2,1-3H3,(H2,16,17,19). The van der Waals surface area contributed by atoms with Gasteiger partial charge >= 0.3 is 6.03 Å². The molecule has 1 saturated carbocycles. The van der Waals surface area contributed by atoms with Crippen molar-refractivity contribution in [1.29, 1.82) is 0 Å². The molecule has 0 aromatic carbocycles. The zero-order chi connectivity index (χ0) is 15.0. The summed E-state index contributed by atoms with van der Waals surface area (Å²) in [6.07, 6.45) is 6.04. The van der Waals surface area contributed by atoms with Crippen molar-refractivity contribution in [2.75, 3.05) is 12.4 Å². The summed E-state index contributed by atoms with van der Waals surface area (Å²) in [7, 11) is 0. The molecule has 5 heteroatoms. The summed E-state index contributed by atoms with van der Waals surface area (Å²) in [5, 5.41) is 15.9. The molecule has 1 aliphatic carbocycles. The molecule has 1 aliphatic rings. The number of urea groups is 1. The fourth-order valence-electron chi connectivity index (χ4n) is 2.73. The first-order valence-electron chi connectivity index (χ1n) is 7.84. The van der Waals surface area contributed by atoms with Gasteiger partial charge in [0.15, 0.2) is 0 Å². The minimum atomic E-state index is -0.314. The van der Waals surface area contributed by atoms with E-state index in [1.807, 2.05) is 25.6 Å². The Morgan fingerprint density at radius 2 is 2.15 bits per heavy atom. The van der Waals surface area contributed by atoms with Gasteiger partial charge in [0.05, 0.1) is 0 Å². The van der Waals surface area contributed by atoms with Crippen molar-refractivity contribution in [1.82, 2.24) is 10.6 Å². The van der Waals surface area contributed by atoms with Gasteiger partial charge in [0, 0.05) is 23.4 Å². The molecule has 1 fully saturated rings. The Labute approximate surface area is 127 Å². The molecule has 118 valence electrons. The van der Waals surface area contributed by atoms with E-state index in [2.05, 4.69) is 17.6 Å². The number of amides is 2. The lowest BCUT2D eigenvalue weighted by Crippen LogP contribution is -2.53.